The highest BCUT2D eigenvalue weighted by Gasteiger charge is 2.36. The van der Waals surface area contributed by atoms with Crippen molar-refractivity contribution in [1.29, 1.82) is 0 Å². The zero-order chi connectivity index (χ0) is 14.7. The summed E-state index contributed by atoms with van der Waals surface area (Å²) < 4.78 is 0. The second kappa shape index (κ2) is 6.05. The lowest BCUT2D eigenvalue weighted by Crippen LogP contribution is -2.49. The summed E-state index contributed by atoms with van der Waals surface area (Å²) in [6, 6.07) is 6.97. The van der Waals surface area contributed by atoms with Crippen LogP contribution in [0, 0.1) is 0 Å². The first-order valence-electron chi connectivity index (χ1n) is 6.83. The number of benzene rings is 1. The van der Waals surface area contributed by atoms with Crippen LogP contribution in [0.25, 0.3) is 0 Å². The van der Waals surface area contributed by atoms with Gasteiger partial charge in [0.2, 0.25) is 11.8 Å². The zero-order valence-corrected chi connectivity index (χ0v) is 11.8. The molecule has 1 heterocycles. The molecule has 5 heteroatoms. The number of rotatable bonds is 4. The van der Waals surface area contributed by atoms with E-state index in [-0.39, 0.29) is 24.5 Å². The van der Waals surface area contributed by atoms with Crippen LogP contribution in [0.3, 0.4) is 0 Å². The van der Waals surface area contributed by atoms with E-state index in [0.717, 1.165) is 11.3 Å². The Morgan fingerprint density at radius 1 is 1.45 bits per heavy atom. The Bertz CT molecular complexity index is 516. The number of fused-ring (bicyclic) bond motifs is 1. The quantitative estimate of drug-likeness (QED) is 0.856. The first-order chi connectivity index (χ1) is 9.54. The van der Waals surface area contributed by atoms with Gasteiger partial charge in [0.25, 0.3) is 0 Å². The minimum atomic E-state index is -0.494. The molecule has 1 aromatic carbocycles. The Labute approximate surface area is 118 Å². The van der Waals surface area contributed by atoms with Gasteiger partial charge >= 0.3 is 0 Å². The molecule has 20 heavy (non-hydrogen) atoms. The summed E-state index contributed by atoms with van der Waals surface area (Å²) in [5, 5.41) is 11.7. The summed E-state index contributed by atoms with van der Waals surface area (Å²) in [7, 11) is 0. The molecule has 2 atom stereocenters. The van der Waals surface area contributed by atoms with Gasteiger partial charge in [-0.25, -0.2) is 0 Å². The fourth-order valence-corrected chi connectivity index (χ4v) is 2.59. The maximum atomic E-state index is 12.3. The third-order valence-electron chi connectivity index (χ3n) is 3.57. The minimum Gasteiger partial charge on any atom is -0.396 e. The van der Waals surface area contributed by atoms with E-state index in [1.165, 1.54) is 6.92 Å². The predicted molar refractivity (Wildman–Crippen MR) is 76.4 cm³/mol. The Kier molecular flexibility index (Phi) is 4.39. The minimum absolute atomic E-state index is 0.0305. The van der Waals surface area contributed by atoms with Gasteiger partial charge in [-0.05, 0) is 25.0 Å². The number of carbonyl (C=O) groups excluding carboxylic acids is 2. The van der Waals surface area contributed by atoms with Crippen LogP contribution in [0.15, 0.2) is 24.3 Å². The van der Waals surface area contributed by atoms with Crippen molar-refractivity contribution in [2.75, 3.05) is 11.5 Å². The topological polar surface area (TPSA) is 69.6 Å². The molecule has 2 N–H and O–H groups in total. The fraction of sp³-hybridized carbons (Fsp3) is 0.467. The number of amides is 2. The van der Waals surface area contributed by atoms with Crippen molar-refractivity contribution >= 4 is 17.5 Å². The van der Waals surface area contributed by atoms with Gasteiger partial charge in [0, 0.05) is 31.7 Å². The SMILES string of the molecule is CC(=O)N1c2ccccc2C[C@H]1C(=O)NC(C)CCO. The molecule has 2 rings (SSSR count). The molecule has 1 aliphatic heterocycles. The maximum Gasteiger partial charge on any atom is 0.243 e. The normalized spacial score (nSPS) is 18.6. The van der Waals surface area contributed by atoms with Gasteiger partial charge in [0.15, 0.2) is 0 Å². The lowest BCUT2D eigenvalue weighted by molar-refractivity contribution is -0.126. The van der Waals surface area contributed by atoms with E-state index in [1.807, 2.05) is 31.2 Å². The first kappa shape index (κ1) is 14.5. The van der Waals surface area contributed by atoms with E-state index in [0.29, 0.717) is 12.8 Å². The summed E-state index contributed by atoms with van der Waals surface area (Å²) in [6.07, 6.45) is 1.04. The van der Waals surface area contributed by atoms with Crippen LogP contribution in [0.2, 0.25) is 0 Å². The smallest absolute Gasteiger partial charge is 0.243 e. The van der Waals surface area contributed by atoms with Gasteiger partial charge in [-0.15, -0.1) is 0 Å². The first-order valence-corrected chi connectivity index (χ1v) is 6.83. The maximum absolute atomic E-state index is 12.3. The number of nitrogens with one attached hydrogen (secondary N) is 1. The Balaban J connectivity index is 2.17. The largest absolute Gasteiger partial charge is 0.396 e. The van der Waals surface area contributed by atoms with Crippen LogP contribution in [-0.4, -0.2) is 35.6 Å². The van der Waals surface area contributed by atoms with Crippen LogP contribution in [0.1, 0.15) is 25.8 Å². The van der Waals surface area contributed by atoms with Crippen LogP contribution in [-0.2, 0) is 16.0 Å². The standard InChI is InChI=1S/C15H20N2O3/c1-10(7-8-18)16-15(20)14-9-12-5-3-4-6-13(12)17(14)11(2)19/h3-6,10,14,18H,7-9H2,1-2H3,(H,16,20)/t10?,14-/m0/s1. The van der Waals surface area contributed by atoms with Gasteiger partial charge in [-0.3, -0.25) is 14.5 Å². The van der Waals surface area contributed by atoms with Crippen molar-refractivity contribution in [1.82, 2.24) is 5.32 Å². The van der Waals surface area contributed by atoms with E-state index < -0.39 is 6.04 Å². The van der Waals surface area contributed by atoms with Crippen molar-refractivity contribution in [3.8, 4) is 0 Å². The Hall–Kier alpha value is -1.88. The van der Waals surface area contributed by atoms with E-state index in [4.69, 9.17) is 5.11 Å². The second-order valence-electron chi connectivity index (χ2n) is 5.16. The molecule has 5 nitrogen and oxygen atoms in total. The molecular weight excluding hydrogens is 256 g/mol. The fourth-order valence-electron chi connectivity index (χ4n) is 2.59. The molecule has 0 saturated heterocycles. The monoisotopic (exact) mass is 276 g/mol. The van der Waals surface area contributed by atoms with Crippen LogP contribution in [0.5, 0.6) is 0 Å². The summed E-state index contributed by atoms with van der Waals surface area (Å²) in [4.78, 5) is 25.7. The van der Waals surface area contributed by atoms with Crippen molar-refractivity contribution in [3.05, 3.63) is 29.8 Å². The summed E-state index contributed by atoms with van der Waals surface area (Å²) >= 11 is 0. The summed E-state index contributed by atoms with van der Waals surface area (Å²) in [5.41, 5.74) is 1.83. The molecule has 1 aliphatic rings. The number of carbonyl (C=O) groups is 2. The number of hydrogen-bond donors (Lipinski definition) is 2. The third-order valence-corrected chi connectivity index (χ3v) is 3.57. The highest BCUT2D eigenvalue weighted by Crippen LogP contribution is 2.32. The van der Waals surface area contributed by atoms with Gasteiger partial charge in [-0.1, -0.05) is 18.2 Å². The molecule has 0 fully saturated rings. The highest BCUT2D eigenvalue weighted by atomic mass is 16.3. The highest BCUT2D eigenvalue weighted by molar-refractivity contribution is 6.02. The second-order valence-corrected chi connectivity index (χ2v) is 5.16. The molecule has 0 aromatic heterocycles. The van der Waals surface area contributed by atoms with Crippen molar-refractivity contribution < 1.29 is 14.7 Å². The van der Waals surface area contributed by atoms with Crippen molar-refractivity contribution in [2.45, 2.75) is 38.8 Å². The molecule has 0 spiro atoms. The van der Waals surface area contributed by atoms with Crippen LogP contribution >= 0.6 is 0 Å². The van der Waals surface area contributed by atoms with Crippen molar-refractivity contribution in [3.63, 3.8) is 0 Å². The van der Waals surface area contributed by atoms with Crippen LogP contribution in [0.4, 0.5) is 5.69 Å². The third kappa shape index (κ3) is 2.82. The molecule has 0 aliphatic carbocycles. The van der Waals surface area contributed by atoms with E-state index in [2.05, 4.69) is 5.32 Å². The molecule has 0 saturated carbocycles. The summed E-state index contributed by atoms with van der Waals surface area (Å²) in [6.45, 7) is 3.34. The number of aliphatic hydroxyl groups excluding tert-OH is 1. The number of para-hydroxylation sites is 1. The van der Waals surface area contributed by atoms with E-state index >= 15 is 0 Å². The zero-order valence-electron chi connectivity index (χ0n) is 11.8. The van der Waals surface area contributed by atoms with Gasteiger partial charge < -0.3 is 10.4 Å². The summed E-state index contributed by atoms with van der Waals surface area (Å²) in [5.74, 6) is -0.303. The number of aliphatic hydroxyl groups is 1. The average Bonchev–Trinajstić information content (AvgIpc) is 2.78. The number of anilines is 1. The lowest BCUT2D eigenvalue weighted by Gasteiger charge is -2.25. The molecular formula is C15H20N2O3. The molecule has 108 valence electrons. The molecule has 1 unspecified atom stereocenters. The Morgan fingerprint density at radius 2 is 2.15 bits per heavy atom. The van der Waals surface area contributed by atoms with E-state index in [9.17, 15) is 9.59 Å². The Morgan fingerprint density at radius 3 is 2.80 bits per heavy atom. The predicted octanol–water partition coefficient (Wildman–Crippen LogP) is 0.851. The molecule has 0 bridgehead atoms. The van der Waals surface area contributed by atoms with Gasteiger partial charge in [0.05, 0.1) is 0 Å². The van der Waals surface area contributed by atoms with Crippen LogP contribution < -0.4 is 10.2 Å². The molecule has 2 amide bonds. The lowest BCUT2D eigenvalue weighted by atomic mass is 10.1. The van der Waals surface area contributed by atoms with Crippen molar-refractivity contribution in [2.24, 2.45) is 0 Å². The van der Waals surface area contributed by atoms with E-state index in [1.54, 1.807) is 4.90 Å². The van der Waals surface area contributed by atoms with Gasteiger partial charge in [-0.2, -0.15) is 0 Å². The number of hydrogen-bond acceptors (Lipinski definition) is 3. The average molecular weight is 276 g/mol. The number of nitrogens with zero attached hydrogens (tertiary/aromatic N) is 1. The van der Waals surface area contributed by atoms with Gasteiger partial charge in [0.1, 0.15) is 6.04 Å². The molecule has 0 radical (unpaired) electrons. The molecule has 1 aromatic rings.